The minimum Gasteiger partial charge on any atom is -0.478 e. The number of carboxylic acid groups (broad SMARTS) is 2. The number of aliphatic hydroxyl groups excluding tert-OH is 4. The van der Waals surface area contributed by atoms with Gasteiger partial charge in [0.25, 0.3) is 0 Å². The molecule has 36 heavy (non-hydrogen) atoms. The minimum absolute atomic E-state index is 0.0261. The van der Waals surface area contributed by atoms with Crippen molar-refractivity contribution >= 4 is 11.9 Å². The number of aliphatic hydroxyl groups is 4. The van der Waals surface area contributed by atoms with Gasteiger partial charge in [0.15, 0.2) is 12.6 Å². The SMILES string of the molecule is C=CC(=O)O.C=CC(=O)O.CC1CO1.CCCCOC(O)COCCO.CCOC(O)COCCO. The molecule has 13 nitrogen and oxygen atoms in total. The number of rotatable bonds is 16. The van der Waals surface area contributed by atoms with Crippen molar-refractivity contribution in [2.75, 3.05) is 59.5 Å². The first kappa shape index (κ1) is 41.2. The summed E-state index contributed by atoms with van der Waals surface area (Å²) in [7, 11) is 0. The van der Waals surface area contributed by atoms with Gasteiger partial charge < -0.3 is 54.3 Å². The van der Waals surface area contributed by atoms with Crippen LogP contribution in [0.5, 0.6) is 0 Å². The molecule has 1 aliphatic rings. The summed E-state index contributed by atoms with van der Waals surface area (Å²) in [5.41, 5.74) is 0. The third-order valence-corrected chi connectivity index (χ3v) is 3.01. The first-order valence-corrected chi connectivity index (χ1v) is 11.3. The Kier molecular flexibility index (Phi) is 40.3. The molecular formula is C23H46O13. The van der Waals surface area contributed by atoms with Gasteiger partial charge in [0.05, 0.1) is 52.4 Å². The third kappa shape index (κ3) is 58.2. The molecular weight excluding hydrogens is 484 g/mol. The predicted molar refractivity (Wildman–Crippen MR) is 131 cm³/mol. The third-order valence-electron chi connectivity index (χ3n) is 3.01. The van der Waals surface area contributed by atoms with E-state index < -0.39 is 24.5 Å². The zero-order chi connectivity index (χ0) is 28.6. The van der Waals surface area contributed by atoms with Crippen LogP contribution in [0, 0.1) is 0 Å². The Morgan fingerprint density at radius 2 is 1.28 bits per heavy atom. The van der Waals surface area contributed by atoms with Crippen molar-refractivity contribution in [3.8, 4) is 0 Å². The van der Waals surface area contributed by atoms with Crippen molar-refractivity contribution in [3.63, 3.8) is 0 Å². The molecule has 216 valence electrons. The van der Waals surface area contributed by atoms with Crippen molar-refractivity contribution in [2.24, 2.45) is 0 Å². The fourth-order valence-electron chi connectivity index (χ4n) is 1.25. The van der Waals surface area contributed by atoms with Gasteiger partial charge in [-0.3, -0.25) is 0 Å². The molecule has 1 rings (SSSR count). The summed E-state index contributed by atoms with van der Waals surface area (Å²) >= 11 is 0. The molecule has 3 unspecified atom stereocenters. The topological polar surface area (TPSA) is 205 Å². The summed E-state index contributed by atoms with van der Waals surface area (Å²) in [4.78, 5) is 18.5. The fourth-order valence-corrected chi connectivity index (χ4v) is 1.25. The molecule has 0 aromatic rings. The van der Waals surface area contributed by atoms with E-state index in [0.717, 1.165) is 31.6 Å². The quantitative estimate of drug-likeness (QED) is 0.0692. The summed E-state index contributed by atoms with van der Waals surface area (Å²) in [5, 5.41) is 49.7. The van der Waals surface area contributed by atoms with Gasteiger partial charge in [-0.2, -0.15) is 0 Å². The highest BCUT2D eigenvalue weighted by Crippen LogP contribution is 2.04. The van der Waals surface area contributed by atoms with Crippen molar-refractivity contribution in [1.82, 2.24) is 0 Å². The summed E-state index contributed by atoms with van der Waals surface area (Å²) in [5.74, 6) is -1.96. The molecule has 0 aromatic heterocycles. The zero-order valence-electron chi connectivity index (χ0n) is 21.6. The van der Waals surface area contributed by atoms with E-state index in [4.69, 9.17) is 54.3 Å². The highest BCUT2D eigenvalue weighted by atomic mass is 16.6. The standard InChI is InChI=1S/C8H18O4.C6H14O4.2C3H4O2.C3H6O/c1-2-3-5-12-8(10)7-11-6-4-9;1-2-10-6(8)5-9-4-3-7;2*1-2-3(4)5;1-3-2-4-3/h8-10H,2-7H2,1H3;6-8H,2-5H2,1H3;2*2H,1H2,(H,4,5);3H,2H2,1H3. The van der Waals surface area contributed by atoms with Gasteiger partial charge in [-0.05, 0) is 20.3 Å². The van der Waals surface area contributed by atoms with Crippen molar-refractivity contribution in [3.05, 3.63) is 25.3 Å². The number of carbonyl (C=O) groups is 2. The fraction of sp³-hybridized carbons (Fsp3) is 0.739. The van der Waals surface area contributed by atoms with Crippen LogP contribution in [-0.2, 0) is 33.3 Å². The smallest absolute Gasteiger partial charge is 0.327 e. The molecule has 0 bridgehead atoms. The highest BCUT2D eigenvalue weighted by molar-refractivity contribution is 5.79. The van der Waals surface area contributed by atoms with E-state index >= 15 is 0 Å². The van der Waals surface area contributed by atoms with E-state index in [-0.39, 0.29) is 39.6 Å². The Hall–Kier alpha value is -1.94. The van der Waals surface area contributed by atoms with Gasteiger partial charge in [0.2, 0.25) is 0 Å². The molecule has 0 spiro atoms. The van der Waals surface area contributed by atoms with Crippen molar-refractivity contribution in [2.45, 2.75) is 52.3 Å². The molecule has 6 N–H and O–H groups in total. The van der Waals surface area contributed by atoms with Crippen LogP contribution in [0.25, 0.3) is 0 Å². The molecule has 3 atom stereocenters. The number of epoxide rings is 1. The van der Waals surface area contributed by atoms with Crippen LogP contribution in [-0.4, -0.2) is 121 Å². The maximum atomic E-state index is 9.25. The summed E-state index contributed by atoms with van der Waals surface area (Å²) in [6.45, 7) is 14.5. The van der Waals surface area contributed by atoms with E-state index in [1.54, 1.807) is 6.92 Å². The lowest BCUT2D eigenvalue weighted by molar-refractivity contribution is -0.139. The van der Waals surface area contributed by atoms with E-state index in [0.29, 0.717) is 19.3 Å². The Bertz CT molecular complexity index is 457. The Balaban J connectivity index is -0.000000190. The van der Waals surface area contributed by atoms with Crippen molar-refractivity contribution < 1.29 is 63.9 Å². The molecule has 0 amide bonds. The van der Waals surface area contributed by atoms with Crippen molar-refractivity contribution in [1.29, 1.82) is 0 Å². The molecule has 13 heteroatoms. The van der Waals surface area contributed by atoms with Gasteiger partial charge in [0.1, 0.15) is 0 Å². The number of carboxylic acids is 2. The first-order valence-electron chi connectivity index (χ1n) is 11.3. The Labute approximate surface area is 213 Å². The molecule has 1 saturated heterocycles. The number of unbranched alkanes of at least 4 members (excludes halogenated alkanes) is 1. The van der Waals surface area contributed by atoms with Crippen LogP contribution in [0.15, 0.2) is 25.3 Å². The first-order chi connectivity index (χ1) is 17.1. The maximum Gasteiger partial charge on any atom is 0.327 e. The summed E-state index contributed by atoms with van der Waals surface area (Å²) in [6, 6.07) is 0. The lowest BCUT2D eigenvalue weighted by Gasteiger charge is -2.11. The normalized spacial score (nSPS) is 14.4. The molecule has 1 fully saturated rings. The van der Waals surface area contributed by atoms with Gasteiger partial charge in [-0.15, -0.1) is 0 Å². The van der Waals surface area contributed by atoms with Gasteiger partial charge in [0, 0.05) is 25.4 Å². The molecule has 1 aliphatic heterocycles. The van der Waals surface area contributed by atoms with E-state index in [9.17, 15) is 9.59 Å². The molecule has 0 saturated carbocycles. The number of hydrogen-bond donors (Lipinski definition) is 6. The minimum atomic E-state index is -0.981. The van der Waals surface area contributed by atoms with Crippen LogP contribution >= 0.6 is 0 Å². The predicted octanol–water partition coefficient (Wildman–Crippen LogP) is 0.400. The molecule has 0 aliphatic carbocycles. The van der Waals surface area contributed by atoms with Gasteiger partial charge in [-0.1, -0.05) is 26.5 Å². The lowest BCUT2D eigenvalue weighted by Crippen LogP contribution is -2.20. The van der Waals surface area contributed by atoms with E-state index in [1.807, 2.05) is 0 Å². The second kappa shape index (κ2) is 35.2. The van der Waals surface area contributed by atoms with E-state index in [2.05, 4.69) is 27.0 Å². The Morgan fingerprint density at radius 1 is 0.917 bits per heavy atom. The molecule has 0 radical (unpaired) electrons. The maximum absolute atomic E-state index is 9.25. The van der Waals surface area contributed by atoms with Crippen LogP contribution < -0.4 is 0 Å². The van der Waals surface area contributed by atoms with Crippen LogP contribution in [0.3, 0.4) is 0 Å². The van der Waals surface area contributed by atoms with E-state index in [1.165, 1.54) is 0 Å². The zero-order valence-corrected chi connectivity index (χ0v) is 21.6. The van der Waals surface area contributed by atoms with Gasteiger partial charge >= 0.3 is 11.9 Å². The van der Waals surface area contributed by atoms with Crippen LogP contribution in [0.2, 0.25) is 0 Å². The highest BCUT2D eigenvalue weighted by Gasteiger charge is 2.13. The number of ether oxygens (including phenoxy) is 5. The average Bonchev–Trinajstić information content (AvgIpc) is 3.63. The summed E-state index contributed by atoms with van der Waals surface area (Å²) in [6.07, 6.45) is 2.51. The monoisotopic (exact) mass is 530 g/mol. The molecule has 1 heterocycles. The second-order valence-electron chi connectivity index (χ2n) is 6.41. The number of hydrogen-bond acceptors (Lipinski definition) is 11. The molecule has 0 aromatic carbocycles. The van der Waals surface area contributed by atoms with Crippen LogP contribution in [0.1, 0.15) is 33.6 Å². The second-order valence-corrected chi connectivity index (χ2v) is 6.41. The average molecular weight is 531 g/mol. The largest absolute Gasteiger partial charge is 0.478 e. The number of aliphatic carboxylic acids is 2. The Morgan fingerprint density at radius 3 is 1.53 bits per heavy atom. The van der Waals surface area contributed by atoms with Gasteiger partial charge in [-0.25, -0.2) is 9.59 Å². The summed E-state index contributed by atoms with van der Waals surface area (Å²) < 4.78 is 24.0. The van der Waals surface area contributed by atoms with Crippen LogP contribution in [0.4, 0.5) is 0 Å². The lowest BCUT2D eigenvalue weighted by atomic mass is 10.4.